The normalized spacial score (nSPS) is 17.1. The van der Waals surface area contributed by atoms with E-state index in [1.165, 1.54) is 11.8 Å². The number of carbonyl (C=O) groups is 2. The third-order valence-corrected chi connectivity index (χ3v) is 5.73. The second kappa shape index (κ2) is 10.1. The van der Waals surface area contributed by atoms with E-state index in [0.717, 1.165) is 22.4 Å². The highest BCUT2D eigenvalue weighted by Crippen LogP contribution is 2.27. The smallest absolute Gasteiger partial charge is 0.240 e. The Labute approximate surface area is 185 Å². The molecule has 1 fully saturated rings. The van der Waals surface area contributed by atoms with Crippen molar-refractivity contribution in [2.45, 2.75) is 25.5 Å². The Balaban J connectivity index is 1.60. The third kappa shape index (κ3) is 5.64. The average molecular weight is 441 g/mol. The van der Waals surface area contributed by atoms with Crippen molar-refractivity contribution in [2.24, 2.45) is 10.2 Å². The number of methoxy groups -OCH3 is 2. The van der Waals surface area contributed by atoms with E-state index in [1.54, 1.807) is 32.6 Å². The summed E-state index contributed by atoms with van der Waals surface area (Å²) in [6, 6.07) is 11.1. The molecule has 1 unspecified atom stereocenters. The van der Waals surface area contributed by atoms with Gasteiger partial charge < -0.3 is 20.1 Å². The minimum Gasteiger partial charge on any atom is -0.493 e. The monoisotopic (exact) mass is 440 g/mol. The molecule has 2 amide bonds. The molecule has 0 aromatic heterocycles. The Morgan fingerprint density at radius 2 is 1.87 bits per heavy atom. The average Bonchev–Trinajstić information content (AvgIpc) is 3.09. The standard InChI is InChI=1S/C22H24N4O4S/c1-13-6-5-7-14(2)20(13)24-19(27)11-18-21(28)25-22(31-18)26-23-12-15-8-9-16(29-3)17(10-15)30-4/h5-10,12,18H,11H2,1-4H3,(H,24,27)(H,25,26,28). The van der Waals surface area contributed by atoms with Crippen LogP contribution in [-0.4, -0.2) is 42.7 Å². The summed E-state index contributed by atoms with van der Waals surface area (Å²) in [5.41, 5.74) is 3.50. The molecule has 2 N–H and O–H groups in total. The first-order valence-corrected chi connectivity index (χ1v) is 10.5. The van der Waals surface area contributed by atoms with Crippen LogP contribution in [0.15, 0.2) is 46.6 Å². The zero-order chi connectivity index (χ0) is 22.4. The zero-order valence-electron chi connectivity index (χ0n) is 17.8. The van der Waals surface area contributed by atoms with Crippen LogP contribution < -0.4 is 20.1 Å². The number of carbonyl (C=O) groups excluding carboxylic acids is 2. The second-order valence-corrected chi connectivity index (χ2v) is 8.07. The molecule has 0 spiro atoms. The Bertz CT molecular complexity index is 1030. The van der Waals surface area contributed by atoms with E-state index in [4.69, 9.17) is 9.47 Å². The largest absolute Gasteiger partial charge is 0.493 e. The number of hydrogen-bond donors (Lipinski definition) is 2. The lowest BCUT2D eigenvalue weighted by Gasteiger charge is -2.12. The van der Waals surface area contributed by atoms with Gasteiger partial charge in [-0.1, -0.05) is 30.0 Å². The predicted octanol–water partition coefficient (Wildman–Crippen LogP) is 3.27. The van der Waals surface area contributed by atoms with Crippen molar-refractivity contribution in [2.75, 3.05) is 19.5 Å². The van der Waals surface area contributed by atoms with E-state index in [-0.39, 0.29) is 18.2 Å². The summed E-state index contributed by atoms with van der Waals surface area (Å²) in [7, 11) is 3.12. The molecule has 2 aromatic carbocycles. The van der Waals surface area contributed by atoms with E-state index >= 15 is 0 Å². The summed E-state index contributed by atoms with van der Waals surface area (Å²) in [5, 5.41) is 13.4. The van der Waals surface area contributed by atoms with Crippen molar-refractivity contribution in [3.8, 4) is 11.5 Å². The number of amides is 2. The van der Waals surface area contributed by atoms with Crippen molar-refractivity contribution in [3.63, 3.8) is 0 Å². The van der Waals surface area contributed by atoms with Gasteiger partial charge in [-0.2, -0.15) is 5.10 Å². The van der Waals surface area contributed by atoms with Gasteiger partial charge in [0.05, 0.1) is 20.4 Å². The lowest BCUT2D eigenvalue weighted by molar-refractivity contribution is -0.122. The fraction of sp³-hybridized carbons (Fsp3) is 0.273. The Morgan fingerprint density at radius 1 is 1.16 bits per heavy atom. The first-order chi connectivity index (χ1) is 14.9. The summed E-state index contributed by atoms with van der Waals surface area (Å²) < 4.78 is 10.5. The second-order valence-electron chi connectivity index (χ2n) is 6.88. The first kappa shape index (κ1) is 22.4. The minimum absolute atomic E-state index is 0.0443. The molecular weight excluding hydrogens is 416 g/mol. The molecule has 1 aliphatic rings. The number of amidine groups is 1. The van der Waals surface area contributed by atoms with Crippen LogP contribution in [0.4, 0.5) is 5.69 Å². The summed E-state index contributed by atoms with van der Waals surface area (Å²) in [4.78, 5) is 24.7. The van der Waals surface area contributed by atoms with Crippen molar-refractivity contribution in [1.82, 2.24) is 5.32 Å². The Morgan fingerprint density at radius 3 is 2.55 bits per heavy atom. The molecule has 0 aliphatic carbocycles. The molecular formula is C22H24N4O4S. The van der Waals surface area contributed by atoms with E-state index < -0.39 is 5.25 Å². The maximum Gasteiger partial charge on any atom is 0.240 e. The number of anilines is 1. The van der Waals surface area contributed by atoms with Crippen LogP contribution in [0.2, 0.25) is 0 Å². The van der Waals surface area contributed by atoms with Crippen LogP contribution in [-0.2, 0) is 9.59 Å². The zero-order valence-corrected chi connectivity index (χ0v) is 18.6. The highest BCUT2D eigenvalue weighted by atomic mass is 32.2. The molecule has 1 saturated heterocycles. The van der Waals surface area contributed by atoms with Crippen molar-refractivity contribution in [3.05, 3.63) is 53.1 Å². The first-order valence-electron chi connectivity index (χ1n) is 9.58. The van der Waals surface area contributed by atoms with Crippen LogP contribution in [0.3, 0.4) is 0 Å². The van der Waals surface area contributed by atoms with E-state index in [0.29, 0.717) is 16.7 Å². The fourth-order valence-electron chi connectivity index (χ4n) is 3.04. The Kier molecular flexibility index (Phi) is 7.30. The number of ether oxygens (including phenoxy) is 2. The highest BCUT2D eigenvalue weighted by molar-refractivity contribution is 8.15. The number of hydrogen-bond acceptors (Lipinski definition) is 7. The molecule has 31 heavy (non-hydrogen) atoms. The van der Waals surface area contributed by atoms with E-state index in [1.807, 2.05) is 38.1 Å². The summed E-state index contributed by atoms with van der Waals surface area (Å²) in [6.45, 7) is 3.86. The number of aryl methyl sites for hydroxylation is 2. The summed E-state index contributed by atoms with van der Waals surface area (Å²) >= 11 is 1.18. The van der Waals surface area contributed by atoms with Gasteiger partial charge in [0, 0.05) is 12.1 Å². The maximum atomic E-state index is 12.4. The van der Waals surface area contributed by atoms with Crippen LogP contribution in [0.25, 0.3) is 0 Å². The van der Waals surface area contributed by atoms with Gasteiger partial charge in [-0.25, -0.2) is 0 Å². The number of thioether (sulfide) groups is 1. The molecule has 8 nitrogen and oxygen atoms in total. The van der Waals surface area contributed by atoms with Gasteiger partial charge in [-0.15, -0.1) is 5.10 Å². The molecule has 9 heteroatoms. The van der Waals surface area contributed by atoms with Crippen molar-refractivity contribution in [1.29, 1.82) is 0 Å². The number of para-hydroxylation sites is 1. The molecule has 3 rings (SSSR count). The molecule has 0 saturated carbocycles. The number of nitrogens with one attached hydrogen (secondary N) is 2. The van der Waals surface area contributed by atoms with E-state index in [2.05, 4.69) is 20.8 Å². The molecule has 162 valence electrons. The van der Waals surface area contributed by atoms with Crippen molar-refractivity contribution < 1.29 is 19.1 Å². The molecule has 0 bridgehead atoms. The van der Waals surface area contributed by atoms with Gasteiger partial charge in [-0.3, -0.25) is 9.59 Å². The molecule has 1 atom stereocenters. The third-order valence-electron chi connectivity index (χ3n) is 4.66. The number of nitrogens with zero attached hydrogens (tertiary/aromatic N) is 2. The molecule has 1 aliphatic heterocycles. The quantitative estimate of drug-likeness (QED) is 0.508. The lowest BCUT2D eigenvalue weighted by Crippen LogP contribution is -2.28. The number of benzene rings is 2. The Hall–Kier alpha value is -3.33. The molecule has 2 aromatic rings. The molecule has 1 heterocycles. The fourth-order valence-corrected chi connectivity index (χ4v) is 3.96. The van der Waals surface area contributed by atoms with Gasteiger partial charge in [0.25, 0.3) is 0 Å². The topological polar surface area (TPSA) is 101 Å². The van der Waals surface area contributed by atoms with E-state index in [9.17, 15) is 9.59 Å². The lowest BCUT2D eigenvalue weighted by atomic mass is 10.1. The van der Waals surface area contributed by atoms with Crippen LogP contribution in [0, 0.1) is 13.8 Å². The van der Waals surface area contributed by atoms with Gasteiger partial charge in [0.2, 0.25) is 11.8 Å². The SMILES string of the molecule is COc1ccc(C=N/N=C2/NC(=O)C(CC(=O)Nc3c(C)cccc3C)S2)cc1OC. The van der Waals surface area contributed by atoms with Gasteiger partial charge in [-0.05, 0) is 48.7 Å². The summed E-state index contributed by atoms with van der Waals surface area (Å²) in [5.74, 6) is 0.714. The van der Waals surface area contributed by atoms with Gasteiger partial charge in [0.1, 0.15) is 5.25 Å². The number of rotatable bonds is 7. The van der Waals surface area contributed by atoms with Crippen LogP contribution >= 0.6 is 11.8 Å². The van der Waals surface area contributed by atoms with Gasteiger partial charge in [0.15, 0.2) is 16.7 Å². The molecule has 0 radical (unpaired) electrons. The van der Waals surface area contributed by atoms with Crippen LogP contribution in [0.5, 0.6) is 11.5 Å². The van der Waals surface area contributed by atoms with Crippen molar-refractivity contribution >= 4 is 40.6 Å². The highest BCUT2D eigenvalue weighted by Gasteiger charge is 2.32. The summed E-state index contributed by atoms with van der Waals surface area (Å²) in [6.07, 6.45) is 1.59. The minimum atomic E-state index is -0.556. The van der Waals surface area contributed by atoms with Crippen LogP contribution in [0.1, 0.15) is 23.1 Å². The van der Waals surface area contributed by atoms with Gasteiger partial charge >= 0.3 is 0 Å². The predicted molar refractivity (Wildman–Crippen MR) is 123 cm³/mol. The maximum absolute atomic E-state index is 12.4.